The Morgan fingerprint density at radius 1 is 1.12 bits per heavy atom. The van der Waals surface area contributed by atoms with Crippen LogP contribution < -0.4 is 10.2 Å². The molecule has 1 fully saturated rings. The minimum Gasteiger partial charge on any atom is -0.378 e. The molecule has 1 aliphatic heterocycles. The number of morpholine rings is 1. The molecule has 1 saturated heterocycles. The zero-order valence-corrected chi connectivity index (χ0v) is 17.8. The minimum atomic E-state index is 0.608. The molecule has 0 radical (unpaired) electrons. The summed E-state index contributed by atoms with van der Waals surface area (Å²) in [5, 5.41) is 8.02. The van der Waals surface area contributed by atoms with Gasteiger partial charge in [0.2, 0.25) is 5.95 Å². The van der Waals surface area contributed by atoms with Crippen molar-refractivity contribution < 1.29 is 4.74 Å². The van der Waals surface area contributed by atoms with Crippen LogP contribution in [0.1, 0.15) is 16.7 Å². The van der Waals surface area contributed by atoms with Crippen molar-refractivity contribution >= 4 is 29.1 Å². The quantitative estimate of drug-likeness (QED) is 0.472. The largest absolute Gasteiger partial charge is 0.378 e. The lowest BCUT2D eigenvalue weighted by Crippen LogP contribution is -2.37. The summed E-state index contributed by atoms with van der Waals surface area (Å²) < 4.78 is 7.19. The standard InChI is InChI=1S/C23H24N8O/c1-17-3-2-4-19(13-17)15-27-31-16-26-20-21(25-14-18-5-7-24-8-6-18)28-23(29-22(20)31)30-9-11-32-12-10-30/h2-8,13,15-16H,9-12,14H2,1H3,(H,25,28,29)/b27-15+. The van der Waals surface area contributed by atoms with Gasteiger partial charge in [0.25, 0.3) is 0 Å². The number of ether oxygens (including phenoxy) is 1. The summed E-state index contributed by atoms with van der Waals surface area (Å²) in [6.45, 7) is 5.48. The highest BCUT2D eigenvalue weighted by Crippen LogP contribution is 2.24. The van der Waals surface area contributed by atoms with E-state index in [-0.39, 0.29) is 0 Å². The highest BCUT2D eigenvalue weighted by Gasteiger charge is 2.19. The van der Waals surface area contributed by atoms with Gasteiger partial charge in [-0.1, -0.05) is 29.8 Å². The zero-order valence-electron chi connectivity index (χ0n) is 17.8. The summed E-state index contributed by atoms with van der Waals surface area (Å²) in [6.07, 6.45) is 7.04. The average Bonchev–Trinajstić information content (AvgIpc) is 3.25. The molecule has 0 saturated carbocycles. The van der Waals surface area contributed by atoms with Crippen LogP contribution in [0.25, 0.3) is 11.2 Å². The molecule has 0 amide bonds. The Morgan fingerprint density at radius 3 is 2.78 bits per heavy atom. The van der Waals surface area contributed by atoms with Crippen LogP contribution in [-0.4, -0.2) is 57.1 Å². The Morgan fingerprint density at radius 2 is 1.97 bits per heavy atom. The number of aryl methyl sites for hydroxylation is 1. The van der Waals surface area contributed by atoms with Crippen molar-refractivity contribution in [1.82, 2.24) is 24.6 Å². The van der Waals surface area contributed by atoms with Gasteiger partial charge in [-0.2, -0.15) is 15.1 Å². The number of anilines is 2. The number of hydrogen-bond donors (Lipinski definition) is 1. The molecule has 4 aromatic rings. The molecule has 0 aliphatic carbocycles. The van der Waals surface area contributed by atoms with E-state index in [1.54, 1.807) is 23.4 Å². The fourth-order valence-corrected chi connectivity index (χ4v) is 3.56. The summed E-state index contributed by atoms with van der Waals surface area (Å²) in [4.78, 5) is 20.3. The average molecular weight is 429 g/mol. The van der Waals surface area contributed by atoms with Crippen molar-refractivity contribution in [3.05, 3.63) is 71.8 Å². The summed E-state index contributed by atoms with van der Waals surface area (Å²) in [5.74, 6) is 1.32. The molecule has 9 heteroatoms. The van der Waals surface area contributed by atoms with Crippen LogP contribution in [0.15, 0.2) is 60.2 Å². The van der Waals surface area contributed by atoms with E-state index >= 15 is 0 Å². The number of hydrogen-bond acceptors (Lipinski definition) is 8. The molecule has 0 unspecified atom stereocenters. The molecular formula is C23H24N8O. The second-order valence-electron chi connectivity index (χ2n) is 7.60. The Kier molecular flexibility index (Phi) is 5.71. The van der Waals surface area contributed by atoms with Crippen LogP contribution in [0.3, 0.4) is 0 Å². The Labute approximate surface area is 185 Å². The van der Waals surface area contributed by atoms with E-state index in [0.29, 0.717) is 42.7 Å². The molecule has 162 valence electrons. The number of aromatic nitrogens is 5. The van der Waals surface area contributed by atoms with Crippen LogP contribution in [0, 0.1) is 6.92 Å². The van der Waals surface area contributed by atoms with Gasteiger partial charge in [-0.15, -0.1) is 0 Å². The first kappa shape index (κ1) is 20.1. The van der Waals surface area contributed by atoms with Crippen molar-refractivity contribution in [2.24, 2.45) is 5.10 Å². The number of nitrogens with zero attached hydrogens (tertiary/aromatic N) is 7. The van der Waals surface area contributed by atoms with Gasteiger partial charge in [0, 0.05) is 32.0 Å². The van der Waals surface area contributed by atoms with Gasteiger partial charge in [0.1, 0.15) is 6.33 Å². The molecule has 32 heavy (non-hydrogen) atoms. The molecule has 1 N–H and O–H groups in total. The van der Waals surface area contributed by atoms with Crippen LogP contribution in [0.2, 0.25) is 0 Å². The first-order valence-electron chi connectivity index (χ1n) is 10.6. The van der Waals surface area contributed by atoms with E-state index in [1.807, 2.05) is 30.5 Å². The Hall–Kier alpha value is -3.85. The van der Waals surface area contributed by atoms with E-state index in [0.717, 1.165) is 24.2 Å². The zero-order chi connectivity index (χ0) is 21.8. The second-order valence-corrected chi connectivity index (χ2v) is 7.60. The maximum Gasteiger partial charge on any atom is 0.229 e. The number of pyridine rings is 1. The molecule has 3 aromatic heterocycles. The van der Waals surface area contributed by atoms with Gasteiger partial charge in [0.15, 0.2) is 17.0 Å². The number of rotatable bonds is 6. The lowest BCUT2D eigenvalue weighted by Gasteiger charge is -2.27. The molecule has 0 spiro atoms. The molecular weight excluding hydrogens is 404 g/mol. The van der Waals surface area contributed by atoms with Crippen LogP contribution in [-0.2, 0) is 11.3 Å². The van der Waals surface area contributed by atoms with Crippen molar-refractivity contribution in [2.75, 3.05) is 36.5 Å². The van der Waals surface area contributed by atoms with E-state index in [2.05, 4.69) is 44.3 Å². The fraction of sp³-hybridized carbons (Fsp3) is 0.261. The predicted octanol–water partition coefficient (Wildman–Crippen LogP) is 2.86. The summed E-state index contributed by atoms with van der Waals surface area (Å²) in [6, 6.07) is 12.1. The van der Waals surface area contributed by atoms with Crippen molar-refractivity contribution in [3.8, 4) is 0 Å². The maximum atomic E-state index is 5.49. The van der Waals surface area contributed by atoms with E-state index in [9.17, 15) is 0 Å². The highest BCUT2D eigenvalue weighted by atomic mass is 16.5. The molecule has 9 nitrogen and oxygen atoms in total. The lowest BCUT2D eigenvalue weighted by atomic mass is 10.2. The lowest BCUT2D eigenvalue weighted by molar-refractivity contribution is 0.122. The summed E-state index contributed by atoms with van der Waals surface area (Å²) >= 11 is 0. The minimum absolute atomic E-state index is 0.608. The van der Waals surface area contributed by atoms with E-state index < -0.39 is 0 Å². The van der Waals surface area contributed by atoms with Crippen molar-refractivity contribution in [3.63, 3.8) is 0 Å². The smallest absolute Gasteiger partial charge is 0.229 e. The van der Waals surface area contributed by atoms with Crippen LogP contribution >= 0.6 is 0 Å². The third-order valence-electron chi connectivity index (χ3n) is 5.24. The van der Waals surface area contributed by atoms with Gasteiger partial charge in [-0.3, -0.25) is 4.98 Å². The first-order valence-corrected chi connectivity index (χ1v) is 10.6. The van der Waals surface area contributed by atoms with Crippen molar-refractivity contribution in [2.45, 2.75) is 13.5 Å². The monoisotopic (exact) mass is 428 g/mol. The third-order valence-corrected chi connectivity index (χ3v) is 5.24. The predicted molar refractivity (Wildman–Crippen MR) is 124 cm³/mol. The SMILES string of the molecule is Cc1cccc(/C=N/n2cnc3c(NCc4ccncc4)nc(N4CCOCC4)nc32)c1. The van der Waals surface area contributed by atoms with Crippen molar-refractivity contribution in [1.29, 1.82) is 0 Å². The molecule has 1 aromatic carbocycles. The van der Waals surface area contributed by atoms with E-state index in [1.165, 1.54) is 5.56 Å². The molecule has 1 aliphatic rings. The Bertz CT molecular complexity index is 1230. The van der Waals surface area contributed by atoms with E-state index in [4.69, 9.17) is 14.7 Å². The fourth-order valence-electron chi connectivity index (χ4n) is 3.56. The topological polar surface area (TPSA) is 93.4 Å². The Balaban J connectivity index is 1.51. The molecule has 0 atom stereocenters. The number of fused-ring (bicyclic) bond motifs is 1. The van der Waals surface area contributed by atoms with Crippen LogP contribution in [0.5, 0.6) is 0 Å². The molecule has 5 rings (SSSR count). The molecule has 4 heterocycles. The summed E-state index contributed by atoms with van der Waals surface area (Å²) in [7, 11) is 0. The number of nitrogens with one attached hydrogen (secondary N) is 1. The third kappa shape index (κ3) is 4.42. The normalized spacial score (nSPS) is 14.3. The van der Waals surface area contributed by atoms with Gasteiger partial charge in [-0.05, 0) is 30.2 Å². The van der Waals surface area contributed by atoms with Crippen LogP contribution in [0.4, 0.5) is 11.8 Å². The first-order chi connectivity index (χ1) is 15.8. The number of benzene rings is 1. The van der Waals surface area contributed by atoms with Gasteiger partial charge in [0.05, 0.1) is 19.4 Å². The van der Waals surface area contributed by atoms with Gasteiger partial charge >= 0.3 is 0 Å². The second kappa shape index (κ2) is 9.11. The van der Waals surface area contributed by atoms with Gasteiger partial charge < -0.3 is 15.0 Å². The van der Waals surface area contributed by atoms with Gasteiger partial charge in [-0.25, -0.2) is 9.66 Å². The maximum absolute atomic E-state index is 5.49. The number of imidazole rings is 1. The highest BCUT2D eigenvalue weighted by molar-refractivity contribution is 5.85. The molecule has 0 bridgehead atoms. The summed E-state index contributed by atoms with van der Waals surface area (Å²) in [5.41, 5.74) is 4.64.